The van der Waals surface area contributed by atoms with Gasteiger partial charge in [0.1, 0.15) is 0 Å². The molecule has 0 saturated heterocycles. The molecule has 0 radical (unpaired) electrons. The molecule has 0 N–H and O–H groups in total. The molecule has 0 aliphatic carbocycles. The molecule has 0 amide bonds. The Hall–Kier alpha value is -1.77. The van der Waals surface area contributed by atoms with Crippen LogP contribution in [0, 0.1) is 0 Å². The zero-order chi connectivity index (χ0) is 12.0. The van der Waals surface area contributed by atoms with Gasteiger partial charge in [-0.3, -0.25) is 4.79 Å². The number of ketones is 1. The van der Waals surface area contributed by atoms with Crippen LogP contribution in [0.25, 0.3) is 0 Å². The van der Waals surface area contributed by atoms with Crippen LogP contribution in [0.15, 0.2) is 30.9 Å². The molecule has 0 fully saturated rings. The third kappa shape index (κ3) is 2.86. The molecule has 0 atom stereocenters. The van der Waals surface area contributed by atoms with Gasteiger partial charge in [0.05, 0.1) is 13.7 Å². The largest absolute Gasteiger partial charge is 0.493 e. The molecule has 0 bridgehead atoms. The molecule has 0 aromatic heterocycles. The Balaban J connectivity index is 2.96. The van der Waals surface area contributed by atoms with Crippen LogP contribution in [-0.2, 0) is 0 Å². The lowest BCUT2D eigenvalue weighted by molar-refractivity contribution is 0.104. The van der Waals surface area contributed by atoms with Crippen molar-refractivity contribution in [1.29, 1.82) is 0 Å². The molecule has 0 heterocycles. The summed E-state index contributed by atoms with van der Waals surface area (Å²) in [6, 6.07) is 5.11. The van der Waals surface area contributed by atoms with Crippen LogP contribution in [0.1, 0.15) is 23.7 Å². The normalized spacial score (nSPS) is 9.62. The molecule has 16 heavy (non-hydrogen) atoms. The highest BCUT2D eigenvalue weighted by molar-refractivity contribution is 6.04. The number of ether oxygens (including phenoxy) is 2. The topological polar surface area (TPSA) is 35.5 Å². The predicted molar refractivity (Wildman–Crippen MR) is 63.3 cm³/mol. The summed E-state index contributed by atoms with van der Waals surface area (Å²) in [5, 5.41) is 0. The first-order valence-corrected chi connectivity index (χ1v) is 5.20. The molecule has 1 aromatic rings. The number of benzene rings is 1. The van der Waals surface area contributed by atoms with E-state index in [1.807, 2.05) is 6.92 Å². The Morgan fingerprint density at radius 1 is 1.44 bits per heavy atom. The highest BCUT2D eigenvalue weighted by atomic mass is 16.5. The van der Waals surface area contributed by atoms with Crippen LogP contribution in [0.4, 0.5) is 0 Å². The lowest BCUT2D eigenvalue weighted by Crippen LogP contribution is -2.00. The minimum Gasteiger partial charge on any atom is -0.493 e. The molecule has 86 valence electrons. The van der Waals surface area contributed by atoms with E-state index in [2.05, 4.69) is 6.58 Å². The van der Waals surface area contributed by atoms with Crippen LogP contribution < -0.4 is 9.47 Å². The van der Waals surface area contributed by atoms with Gasteiger partial charge in [0, 0.05) is 5.56 Å². The number of hydrogen-bond acceptors (Lipinski definition) is 3. The van der Waals surface area contributed by atoms with Crippen molar-refractivity contribution < 1.29 is 14.3 Å². The molecule has 1 rings (SSSR count). The Kier molecular flexibility index (Phi) is 4.58. The van der Waals surface area contributed by atoms with Crippen molar-refractivity contribution in [2.24, 2.45) is 0 Å². The quantitative estimate of drug-likeness (QED) is 0.546. The summed E-state index contributed by atoms with van der Waals surface area (Å²) < 4.78 is 10.6. The van der Waals surface area contributed by atoms with E-state index >= 15 is 0 Å². The number of rotatable bonds is 6. The van der Waals surface area contributed by atoms with Gasteiger partial charge in [0.25, 0.3) is 0 Å². The first-order chi connectivity index (χ1) is 7.72. The zero-order valence-corrected chi connectivity index (χ0v) is 9.66. The number of allylic oxidation sites excluding steroid dienone is 1. The number of hydrogen-bond donors (Lipinski definition) is 0. The molecule has 0 spiro atoms. The van der Waals surface area contributed by atoms with Crippen molar-refractivity contribution in [1.82, 2.24) is 0 Å². The Morgan fingerprint density at radius 3 is 2.75 bits per heavy atom. The number of carbonyl (C=O) groups excluding carboxylic acids is 1. The molecule has 1 aromatic carbocycles. The first-order valence-electron chi connectivity index (χ1n) is 5.20. The molecule has 0 saturated carbocycles. The zero-order valence-electron chi connectivity index (χ0n) is 9.66. The van der Waals surface area contributed by atoms with Crippen LogP contribution in [0.5, 0.6) is 11.5 Å². The van der Waals surface area contributed by atoms with Gasteiger partial charge in [0.2, 0.25) is 0 Å². The van der Waals surface area contributed by atoms with E-state index < -0.39 is 0 Å². The number of carbonyl (C=O) groups is 1. The van der Waals surface area contributed by atoms with Gasteiger partial charge in [-0.15, -0.1) is 0 Å². The van der Waals surface area contributed by atoms with Gasteiger partial charge >= 0.3 is 0 Å². The van der Waals surface area contributed by atoms with Crippen LogP contribution in [-0.4, -0.2) is 19.5 Å². The third-order valence-corrected chi connectivity index (χ3v) is 2.10. The van der Waals surface area contributed by atoms with E-state index in [0.717, 1.165) is 6.42 Å². The maximum atomic E-state index is 11.4. The van der Waals surface area contributed by atoms with Gasteiger partial charge in [0.15, 0.2) is 17.3 Å². The van der Waals surface area contributed by atoms with Crippen LogP contribution in [0.3, 0.4) is 0 Å². The summed E-state index contributed by atoms with van der Waals surface area (Å²) in [5.74, 6) is 1.10. The maximum absolute atomic E-state index is 11.4. The molecule has 0 aliphatic heterocycles. The fourth-order valence-electron chi connectivity index (χ4n) is 1.27. The summed E-state index contributed by atoms with van der Waals surface area (Å²) in [7, 11) is 1.55. The van der Waals surface area contributed by atoms with Crippen molar-refractivity contribution >= 4 is 5.78 Å². The average Bonchev–Trinajstić information content (AvgIpc) is 2.35. The van der Waals surface area contributed by atoms with Crippen molar-refractivity contribution in [2.75, 3.05) is 13.7 Å². The smallest absolute Gasteiger partial charge is 0.185 e. The SMILES string of the molecule is C=CC(=O)c1ccc(OCCC)c(OC)c1. The maximum Gasteiger partial charge on any atom is 0.185 e. The predicted octanol–water partition coefficient (Wildman–Crippen LogP) is 2.85. The summed E-state index contributed by atoms with van der Waals surface area (Å²) in [6.07, 6.45) is 2.21. The minimum atomic E-state index is -0.125. The molecule has 3 nitrogen and oxygen atoms in total. The van der Waals surface area contributed by atoms with Crippen molar-refractivity contribution in [3.63, 3.8) is 0 Å². The number of methoxy groups -OCH3 is 1. The lowest BCUT2D eigenvalue weighted by Gasteiger charge is -2.10. The molecule has 0 unspecified atom stereocenters. The molecule has 3 heteroatoms. The summed E-state index contributed by atoms with van der Waals surface area (Å²) in [4.78, 5) is 11.4. The third-order valence-electron chi connectivity index (χ3n) is 2.10. The van der Waals surface area contributed by atoms with Gasteiger partial charge < -0.3 is 9.47 Å². The van der Waals surface area contributed by atoms with E-state index in [1.54, 1.807) is 25.3 Å². The van der Waals surface area contributed by atoms with Crippen molar-refractivity contribution in [2.45, 2.75) is 13.3 Å². The van der Waals surface area contributed by atoms with Gasteiger partial charge in [-0.1, -0.05) is 13.5 Å². The standard InChI is InChI=1S/C13H16O3/c1-4-8-16-12-7-6-10(11(14)5-2)9-13(12)15-3/h5-7,9H,2,4,8H2,1,3H3. The average molecular weight is 220 g/mol. The van der Waals surface area contributed by atoms with Crippen LogP contribution in [0.2, 0.25) is 0 Å². The Bertz CT molecular complexity index is 383. The Morgan fingerprint density at radius 2 is 2.19 bits per heavy atom. The second-order valence-electron chi connectivity index (χ2n) is 3.28. The Labute approximate surface area is 95.7 Å². The second kappa shape index (κ2) is 5.95. The summed E-state index contributed by atoms with van der Waals surface area (Å²) >= 11 is 0. The van der Waals surface area contributed by atoms with Crippen molar-refractivity contribution in [3.8, 4) is 11.5 Å². The first kappa shape index (κ1) is 12.3. The molecule has 0 aliphatic rings. The summed E-state index contributed by atoms with van der Waals surface area (Å²) in [5.41, 5.74) is 0.552. The highest BCUT2D eigenvalue weighted by Gasteiger charge is 2.08. The summed E-state index contributed by atoms with van der Waals surface area (Å²) in [6.45, 7) is 6.10. The minimum absolute atomic E-state index is 0.125. The van der Waals surface area contributed by atoms with Crippen LogP contribution >= 0.6 is 0 Å². The van der Waals surface area contributed by atoms with E-state index in [-0.39, 0.29) is 5.78 Å². The van der Waals surface area contributed by atoms with E-state index in [4.69, 9.17) is 9.47 Å². The van der Waals surface area contributed by atoms with Gasteiger partial charge in [-0.05, 0) is 30.7 Å². The molecular formula is C13H16O3. The van der Waals surface area contributed by atoms with Gasteiger partial charge in [-0.25, -0.2) is 0 Å². The van der Waals surface area contributed by atoms with E-state index in [9.17, 15) is 4.79 Å². The van der Waals surface area contributed by atoms with Crippen molar-refractivity contribution in [3.05, 3.63) is 36.4 Å². The fourth-order valence-corrected chi connectivity index (χ4v) is 1.27. The van der Waals surface area contributed by atoms with E-state index in [1.165, 1.54) is 6.08 Å². The van der Waals surface area contributed by atoms with Gasteiger partial charge in [-0.2, -0.15) is 0 Å². The fraction of sp³-hybridized carbons (Fsp3) is 0.308. The second-order valence-corrected chi connectivity index (χ2v) is 3.28. The monoisotopic (exact) mass is 220 g/mol. The van der Waals surface area contributed by atoms with E-state index in [0.29, 0.717) is 23.7 Å². The molecular weight excluding hydrogens is 204 g/mol. The highest BCUT2D eigenvalue weighted by Crippen LogP contribution is 2.28. The lowest BCUT2D eigenvalue weighted by atomic mass is 10.1.